The second kappa shape index (κ2) is 7.10. The van der Waals surface area contributed by atoms with Crippen molar-refractivity contribution in [3.63, 3.8) is 0 Å². The van der Waals surface area contributed by atoms with Gasteiger partial charge in [0.15, 0.2) is 0 Å². The lowest BCUT2D eigenvalue weighted by molar-refractivity contribution is 0.609. The Kier molecular flexibility index (Phi) is 5.99. The fourth-order valence-corrected chi connectivity index (χ4v) is 2.79. The maximum atomic E-state index is 10.6. The Hall–Kier alpha value is -1.32. The molecule has 114 valence electrons. The predicted octanol–water partition coefficient (Wildman–Crippen LogP) is 4.84. The van der Waals surface area contributed by atoms with Gasteiger partial charge in [0.1, 0.15) is 0 Å². The van der Waals surface area contributed by atoms with Crippen molar-refractivity contribution in [2.75, 3.05) is 0 Å². The van der Waals surface area contributed by atoms with Gasteiger partial charge in [0.25, 0.3) is 9.05 Å². The first-order chi connectivity index (χ1) is 9.64. The molecule has 2 aromatic carbocycles. The van der Waals surface area contributed by atoms with Gasteiger partial charge in [0, 0.05) is 10.7 Å². The van der Waals surface area contributed by atoms with Crippen LogP contribution in [0, 0.1) is 34.6 Å². The van der Waals surface area contributed by atoms with Crippen LogP contribution in [0.5, 0.6) is 0 Å². The molecule has 0 aliphatic carbocycles. The van der Waals surface area contributed by atoms with Crippen LogP contribution in [0.1, 0.15) is 27.8 Å². The predicted molar refractivity (Wildman–Crippen MR) is 89.6 cm³/mol. The first kappa shape index (κ1) is 17.7. The first-order valence-electron chi connectivity index (χ1n) is 6.68. The van der Waals surface area contributed by atoms with E-state index in [4.69, 9.17) is 10.7 Å². The van der Waals surface area contributed by atoms with Crippen LogP contribution in [0.3, 0.4) is 0 Å². The molecule has 0 aromatic heterocycles. The van der Waals surface area contributed by atoms with Gasteiger partial charge in [0.05, 0.1) is 4.90 Å². The summed E-state index contributed by atoms with van der Waals surface area (Å²) in [4.78, 5) is 0.136. The standard InChI is InChI=1S/C11H16.C6H5ClO2S/c1-7-6-8(2)10(4)11(5)9(7)3;7-10(8,9)6-4-2-1-3-5-6/h6H,1-5H3;1-5H. The lowest BCUT2D eigenvalue weighted by atomic mass is 9.96. The molecule has 2 rings (SSSR count). The van der Waals surface area contributed by atoms with Gasteiger partial charge in [-0.2, -0.15) is 0 Å². The van der Waals surface area contributed by atoms with Crippen molar-refractivity contribution in [1.82, 2.24) is 0 Å². The molecular weight excluding hydrogens is 304 g/mol. The number of benzene rings is 2. The van der Waals surface area contributed by atoms with Crippen LogP contribution >= 0.6 is 10.7 Å². The summed E-state index contributed by atoms with van der Waals surface area (Å²) in [5.74, 6) is 0. The van der Waals surface area contributed by atoms with E-state index in [1.165, 1.54) is 39.9 Å². The van der Waals surface area contributed by atoms with Gasteiger partial charge in [-0.05, 0) is 74.6 Å². The lowest BCUT2D eigenvalue weighted by Gasteiger charge is -2.10. The zero-order valence-corrected chi connectivity index (χ0v) is 14.6. The molecule has 4 heteroatoms. The highest BCUT2D eigenvalue weighted by Gasteiger charge is 2.06. The molecule has 0 saturated carbocycles. The fourth-order valence-electron chi connectivity index (χ4n) is 2.00. The van der Waals surface area contributed by atoms with E-state index in [0.717, 1.165) is 0 Å². The summed E-state index contributed by atoms with van der Waals surface area (Å²) >= 11 is 0. The van der Waals surface area contributed by atoms with E-state index < -0.39 is 9.05 Å². The van der Waals surface area contributed by atoms with Crippen molar-refractivity contribution < 1.29 is 8.42 Å². The zero-order chi connectivity index (χ0) is 16.2. The van der Waals surface area contributed by atoms with E-state index in [1.54, 1.807) is 18.2 Å². The maximum Gasteiger partial charge on any atom is 0.261 e. The number of rotatable bonds is 1. The molecular formula is C17H21ClO2S. The van der Waals surface area contributed by atoms with E-state index in [1.807, 2.05) is 0 Å². The van der Waals surface area contributed by atoms with Crippen LogP contribution in [0.4, 0.5) is 0 Å². The average Bonchev–Trinajstić information content (AvgIpc) is 2.44. The minimum atomic E-state index is -3.53. The monoisotopic (exact) mass is 324 g/mol. The smallest absolute Gasteiger partial charge is 0.207 e. The highest BCUT2D eigenvalue weighted by Crippen LogP contribution is 2.19. The summed E-state index contributed by atoms with van der Waals surface area (Å²) in [5.41, 5.74) is 7.14. The second-order valence-corrected chi connectivity index (χ2v) is 7.70. The lowest BCUT2D eigenvalue weighted by Crippen LogP contribution is -1.93. The molecule has 2 nitrogen and oxygen atoms in total. The molecule has 0 N–H and O–H groups in total. The van der Waals surface area contributed by atoms with Gasteiger partial charge in [-0.25, -0.2) is 8.42 Å². The molecule has 0 bridgehead atoms. The molecule has 0 spiro atoms. The summed E-state index contributed by atoms with van der Waals surface area (Å²) in [6, 6.07) is 10.1. The summed E-state index contributed by atoms with van der Waals surface area (Å²) in [7, 11) is 1.50. The third-order valence-electron chi connectivity index (χ3n) is 3.77. The van der Waals surface area contributed by atoms with Gasteiger partial charge < -0.3 is 0 Å². The third kappa shape index (κ3) is 4.87. The topological polar surface area (TPSA) is 34.1 Å². The summed E-state index contributed by atoms with van der Waals surface area (Å²) in [6.07, 6.45) is 0. The zero-order valence-electron chi connectivity index (χ0n) is 13.1. The summed E-state index contributed by atoms with van der Waals surface area (Å²) in [5, 5.41) is 0. The Balaban J connectivity index is 0.000000211. The number of hydrogen-bond donors (Lipinski definition) is 0. The van der Waals surface area contributed by atoms with Gasteiger partial charge in [0.2, 0.25) is 0 Å². The Labute approximate surface area is 132 Å². The Morgan fingerprint density at radius 2 is 1.19 bits per heavy atom. The second-order valence-electron chi connectivity index (χ2n) is 5.14. The molecule has 0 aliphatic rings. The van der Waals surface area contributed by atoms with E-state index in [9.17, 15) is 8.42 Å². The van der Waals surface area contributed by atoms with Crippen LogP contribution in [0.25, 0.3) is 0 Å². The van der Waals surface area contributed by atoms with Gasteiger partial charge in [-0.3, -0.25) is 0 Å². The van der Waals surface area contributed by atoms with E-state index >= 15 is 0 Å². The molecule has 0 heterocycles. The molecule has 2 aromatic rings. The highest BCUT2D eigenvalue weighted by molar-refractivity contribution is 8.13. The Bertz CT molecular complexity index is 694. The number of hydrogen-bond acceptors (Lipinski definition) is 2. The van der Waals surface area contributed by atoms with Gasteiger partial charge >= 0.3 is 0 Å². The van der Waals surface area contributed by atoms with Crippen LogP contribution in [-0.2, 0) is 9.05 Å². The van der Waals surface area contributed by atoms with Crippen molar-refractivity contribution in [3.8, 4) is 0 Å². The van der Waals surface area contributed by atoms with Crippen molar-refractivity contribution in [2.45, 2.75) is 39.5 Å². The van der Waals surface area contributed by atoms with Crippen molar-refractivity contribution >= 4 is 19.7 Å². The number of halogens is 1. The minimum Gasteiger partial charge on any atom is -0.207 e. The van der Waals surface area contributed by atoms with Crippen molar-refractivity contribution in [3.05, 3.63) is 64.2 Å². The number of aryl methyl sites for hydroxylation is 2. The SMILES string of the molecule is Cc1cc(C)c(C)c(C)c1C.O=S(=O)(Cl)c1ccccc1. The van der Waals surface area contributed by atoms with Crippen molar-refractivity contribution in [2.24, 2.45) is 0 Å². The molecule has 0 fully saturated rings. The minimum absolute atomic E-state index is 0.136. The Morgan fingerprint density at radius 3 is 1.52 bits per heavy atom. The van der Waals surface area contributed by atoms with E-state index in [0.29, 0.717) is 0 Å². The fraction of sp³-hybridized carbons (Fsp3) is 0.294. The Morgan fingerprint density at radius 1 is 0.762 bits per heavy atom. The normalized spacial score (nSPS) is 10.8. The molecule has 0 unspecified atom stereocenters. The largest absolute Gasteiger partial charge is 0.261 e. The molecule has 0 atom stereocenters. The van der Waals surface area contributed by atoms with Gasteiger partial charge in [-0.15, -0.1) is 0 Å². The quantitative estimate of drug-likeness (QED) is 0.703. The molecule has 0 aliphatic heterocycles. The molecule has 0 saturated heterocycles. The summed E-state index contributed by atoms with van der Waals surface area (Å²) < 4.78 is 21.2. The molecule has 21 heavy (non-hydrogen) atoms. The molecule has 0 radical (unpaired) electrons. The highest BCUT2D eigenvalue weighted by atomic mass is 35.7. The average molecular weight is 325 g/mol. The third-order valence-corrected chi connectivity index (χ3v) is 5.14. The van der Waals surface area contributed by atoms with Crippen LogP contribution in [-0.4, -0.2) is 8.42 Å². The van der Waals surface area contributed by atoms with Crippen LogP contribution in [0.15, 0.2) is 41.3 Å². The van der Waals surface area contributed by atoms with E-state index in [2.05, 4.69) is 40.7 Å². The van der Waals surface area contributed by atoms with Crippen LogP contribution in [0.2, 0.25) is 0 Å². The summed E-state index contributed by atoms with van der Waals surface area (Å²) in [6.45, 7) is 10.9. The van der Waals surface area contributed by atoms with Gasteiger partial charge in [-0.1, -0.05) is 24.3 Å². The van der Waals surface area contributed by atoms with E-state index in [-0.39, 0.29) is 4.90 Å². The molecule has 0 amide bonds. The van der Waals surface area contributed by atoms with Crippen LogP contribution < -0.4 is 0 Å². The first-order valence-corrected chi connectivity index (χ1v) is 8.99. The maximum absolute atomic E-state index is 10.6. The van der Waals surface area contributed by atoms with Crippen molar-refractivity contribution in [1.29, 1.82) is 0 Å².